The number of morpholine rings is 1. The molecule has 1 N–H and O–H groups in total. The molecular weight excluding hydrogens is 303 g/mol. The van der Waals surface area contributed by atoms with E-state index in [1.165, 1.54) is 17.2 Å². The molecule has 128 valence electrons. The van der Waals surface area contributed by atoms with Gasteiger partial charge in [0.2, 0.25) is 0 Å². The number of hydrogen-bond acceptors (Lipinski definition) is 3. The van der Waals surface area contributed by atoms with Gasteiger partial charge in [0.15, 0.2) is 0 Å². The summed E-state index contributed by atoms with van der Waals surface area (Å²) in [6.45, 7) is 7.31. The Balaban J connectivity index is 1.57. The lowest BCUT2D eigenvalue weighted by molar-refractivity contribution is 0.0342. The summed E-state index contributed by atoms with van der Waals surface area (Å²) in [5.41, 5.74) is 3.25. The Hall–Kier alpha value is -1.75. The minimum atomic E-state index is -0.154. The van der Waals surface area contributed by atoms with Crippen LogP contribution >= 0.6 is 0 Å². The smallest absolute Gasteiger partial charge is 0.127 e. The lowest BCUT2D eigenvalue weighted by atomic mass is 10.1. The predicted molar refractivity (Wildman–Crippen MR) is 94.2 cm³/mol. The number of rotatable bonds is 6. The second-order valence-electron chi connectivity index (χ2n) is 6.33. The second kappa shape index (κ2) is 8.38. The molecule has 0 spiro atoms. The number of ether oxygens (including phenoxy) is 1. The van der Waals surface area contributed by atoms with Gasteiger partial charge in [-0.3, -0.25) is 4.90 Å². The van der Waals surface area contributed by atoms with Gasteiger partial charge in [0, 0.05) is 37.8 Å². The first kappa shape index (κ1) is 17.1. The third-order valence-corrected chi connectivity index (χ3v) is 4.49. The van der Waals surface area contributed by atoms with E-state index >= 15 is 0 Å². The molecule has 3 rings (SSSR count). The molecule has 4 heteroatoms. The summed E-state index contributed by atoms with van der Waals surface area (Å²) < 4.78 is 19.2. The number of nitrogens with zero attached hydrogens (tertiary/aromatic N) is 1. The van der Waals surface area contributed by atoms with Crippen molar-refractivity contribution in [2.45, 2.75) is 26.1 Å². The number of nitrogens with one attached hydrogen (secondary N) is 1. The Labute approximate surface area is 143 Å². The Morgan fingerprint density at radius 2 is 1.83 bits per heavy atom. The average molecular weight is 328 g/mol. The first-order chi connectivity index (χ1) is 11.7. The highest BCUT2D eigenvalue weighted by atomic mass is 19.1. The van der Waals surface area contributed by atoms with Gasteiger partial charge in [-0.05, 0) is 24.1 Å². The molecule has 0 aromatic heterocycles. The van der Waals surface area contributed by atoms with Crippen LogP contribution in [0.2, 0.25) is 0 Å². The maximum absolute atomic E-state index is 13.8. The molecule has 1 heterocycles. The first-order valence-electron chi connectivity index (χ1n) is 8.58. The summed E-state index contributed by atoms with van der Waals surface area (Å²) in [6, 6.07) is 15.5. The lowest BCUT2D eigenvalue weighted by Gasteiger charge is -2.26. The minimum Gasteiger partial charge on any atom is -0.379 e. The molecular formula is C20H25FN2O. The Bertz CT molecular complexity index is 656. The van der Waals surface area contributed by atoms with Crippen LogP contribution in [0.3, 0.4) is 0 Å². The van der Waals surface area contributed by atoms with Crippen LogP contribution in [0.15, 0.2) is 48.5 Å². The van der Waals surface area contributed by atoms with Gasteiger partial charge < -0.3 is 10.1 Å². The van der Waals surface area contributed by atoms with Gasteiger partial charge in [-0.2, -0.15) is 0 Å². The van der Waals surface area contributed by atoms with Crippen LogP contribution in [0, 0.1) is 5.82 Å². The van der Waals surface area contributed by atoms with Gasteiger partial charge >= 0.3 is 0 Å². The molecule has 1 aliphatic rings. The number of halogens is 1. The van der Waals surface area contributed by atoms with E-state index in [2.05, 4.69) is 34.5 Å². The van der Waals surface area contributed by atoms with Crippen LogP contribution in [0.25, 0.3) is 0 Å². The normalized spacial score (nSPS) is 16.9. The lowest BCUT2D eigenvalue weighted by Crippen LogP contribution is -2.35. The molecule has 2 aromatic carbocycles. The number of benzene rings is 2. The van der Waals surface area contributed by atoms with Gasteiger partial charge in [-0.1, -0.05) is 42.5 Å². The summed E-state index contributed by atoms with van der Waals surface area (Å²) in [5.74, 6) is -0.154. The van der Waals surface area contributed by atoms with Crippen molar-refractivity contribution in [1.82, 2.24) is 10.2 Å². The maximum atomic E-state index is 13.8. The van der Waals surface area contributed by atoms with E-state index in [0.29, 0.717) is 5.56 Å². The van der Waals surface area contributed by atoms with Crippen LogP contribution in [0.1, 0.15) is 29.7 Å². The zero-order valence-electron chi connectivity index (χ0n) is 14.2. The fraction of sp³-hybridized carbons (Fsp3) is 0.400. The molecule has 2 aromatic rings. The van der Waals surface area contributed by atoms with Gasteiger partial charge in [0.05, 0.1) is 13.2 Å². The van der Waals surface area contributed by atoms with E-state index in [4.69, 9.17) is 4.74 Å². The quantitative estimate of drug-likeness (QED) is 0.878. The van der Waals surface area contributed by atoms with Crippen molar-refractivity contribution < 1.29 is 9.13 Å². The summed E-state index contributed by atoms with van der Waals surface area (Å²) in [4.78, 5) is 2.41. The van der Waals surface area contributed by atoms with Crippen molar-refractivity contribution in [3.05, 3.63) is 71.0 Å². The summed E-state index contributed by atoms with van der Waals surface area (Å²) in [5, 5.41) is 3.41. The van der Waals surface area contributed by atoms with Gasteiger partial charge in [-0.15, -0.1) is 0 Å². The van der Waals surface area contributed by atoms with Crippen LogP contribution in [0.4, 0.5) is 4.39 Å². The van der Waals surface area contributed by atoms with Crippen molar-refractivity contribution in [3.63, 3.8) is 0 Å². The van der Waals surface area contributed by atoms with Crippen LogP contribution in [-0.2, 0) is 17.8 Å². The standard InChI is InChI=1S/C20H25FN2O/c1-16(19-7-2-3-8-20(19)21)22-14-17-5-4-6-18(13-17)15-23-9-11-24-12-10-23/h2-8,13,16,22H,9-12,14-15H2,1H3. The Kier molecular flexibility index (Phi) is 5.96. The molecule has 0 amide bonds. The SMILES string of the molecule is CC(NCc1cccc(CN2CCOCC2)c1)c1ccccc1F. The highest BCUT2D eigenvalue weighted by Gasteiger charge is 2.12. The van der Waals surface area contributed by atoms with Crippen molar-refractivity contribution in [1.29, 1.82) is 0 Å². The van der Waals surface area contributed by atoms with E-state index in [1.54, 1.807) is 6.07 Å². The van der Waals surface area contributed by atoms with Crippen molar-refractivity contribution in [3.8, 4) is 0 Å². The highest BCUT2D eigenvalue weighted by molar-refractivity contribution is 5.24. The van der Waals surface area contributed by atoms with Crippen molar-refractivity contribution >= 4 is 0 Å². The third-order valence-electron chi connectivity index (χ3n) is 4.49. The molecule has 1 saturated heterocycles. The van der Waals surface area contributed by atoms with E-state index in [0.717, 1.165) is 39.4 Å². The van der Waals surface area contributed by atoms with E-state index < -0.39 is 0 Å². The molecule has 3 nitrogen and oxygen atoms in total. The predicted octanol–water partition coefficient (Wildman–Crippen LogP) is 3.51. The van der Waals surface area contributed by atoms with E-state index in [9.17, 15) is 4.39 Å². The molecule has 0 bridgehead atoms. The zero-order chi connectivity index (χ0) is 16.8. The number of hydrogen-bond donors (Lipinski definition) is 1. The van der Waals surface area contributed by atoms with Gasteiger partial charge in [-0.25, -0.2) is 4.39 Å². The monoisotopic (exact) mass is 328 g/mol. The third kappa shape index (κ3) is 4.63. The molecule has 0 aliphatic carbocycles. The van der Waals surface area contributed by atoms with E-state index in [1.807, 2.05) is 19.1 Å². The largest absolute Gasteiger partial charge is 0.379 e. The van der Waals surface area contributed by atoms with Crippen molar-refractivity contribution in [2.24, 2.45) is 0 Å². The molecule has 24 heavy (non-hydrogen) atoms. The summed E-state index contributed by atoms with van der Waals surface area (Å²) in [6.07, 6.45) is 0. The van der Waals surface area contributed by atoms with Gasteiger partial charge in [0.25, 0.3) is 0 Å². The van der Waals surface area contributed by atoms with E-state index in [-0.39, 0.29) is 11.9 Å². The molecule has 1 unspecified atom stereocenters. The first-order valence-corrected chi connectivity index (χ1v) is 8.58. The molecule has 1 atom stereocenters. The van der Waals surface area contributed by atoms with Crippen LogP contribution in [-0.4, -0.2) is 31.2 Å². The van der Waals surface area contributed by atoms with Crippen LogP contribution < -0.4 is 5.32 Å². The summed E-state index contributed by atoms with van der Waals surface area (Å²) in [7, 11) is 0. The Morgan fingerprint density at radius 3 is 2.62 bits per heavy atom. The summed E-state index contributed by atoms with van der Waals surface area (Å²) >= 11 is 0. The minimum absolute atomic E-state index is 0.0194. The van der Waals surface area contributed by atoms with Crippen LogP contribution in [0.5, 0.6) is 0 Å². The highest BCUT2D eigenvalue weighted by Crippen LogP contribution is 2.17. The maximum Gasteiger partial charge on any atom is 0.127 e. The molecule has 1 aliphatic heterocycles. The van der Waals surface area contributed by atoms with Gasteiger partial charge in [0.1, 0.15) is 5.82 Å². The topological polar surface area (TPSA) is 24.5 Å². The zero-order valence-corrected chi connectivity index (χ0v) is 14.2. The fourth-order valence-corrected chi connectivity index (χ4v) is 3.06. The van der Waals surface area contributed by atoms with Crippen molar-refractivity contribution in [2.75, 3.05) is 26.3 Å². The average Bonchev–Trinajstić information content (AvgIpc) is 2.61. The molecule has 0 saturated carbocycles. The molecule has 0 radical (unpaired) electrons. The fourth-order valence-electron chi connectivity index (χ4n) is 3.06. The Morgan fingerprint density at radius 1 is 1.08 bits per heavy atom. The molecule has 1 fully saturated rings. The second-order valence-corrected chi connectivity index (χ2v) is 6.33.